The summed E-state index contributed by atoms with van der Waals surface area (Å²) < 4.78 is 5.43. The van der Waals surface area contributed by atoms with E-state index in [0.717, 1.165) is 50.7 Å². The Morgan fingerprint density at radius 1 is 0.745 bits per heavy atom. The van der Waals surface area contributed by atoms with Gasteiger partial charge >= 0.3 is 16.8 Å². The van der Waals surface area contributed by atoms with Crippen LogP contribution in [-0.2, 0) is 52.1 Å². The molecule has 0 aromatic heterocycles. The summed E-state index contributed by atoms with van der Waals surface area (Å²) in [6.07, 6.45) is 6.76. The minimum Gasteiger partial charge on any atom is -0.550 e. The van der Waals surface area contributed by atoms with Crippen LogP contribution in [0.5, 0.6) is 17.2 Å². The smallest absolute Gasteiger partial charge is 0.550 e. The molecule has 3 aromatic carbocycles. The zero-order valence-corrected chi connectivity index (χ0v) is 29.9. The fourth-order valence-corrected chi connectivity index (χ4v) is 4.61. The monoisotopic (exact) mass is 691 g/mol. The fraction of sp³-hybridized carbons (Fsp3) is 0.405. The number of carboxylic acids is 2. The predicted molar refractivity (Wildman–Crippen MR) is 181 cm³/mol. The largest absolute Gasteiger partial charge is 2.00 e. The molecule has 9 nitrogen and oxygen atoms in total. The van der Waals surface area contributed by atoms with E-state index in [9.17, 15) is 10.2 Å². The number of ether oxygens (including phenoxy) is 1. The molecule has 257 valence electrons. The van der Waals surface area contributed by atoms with E-state index in [1.54, 1.807) is 19.5 Å². The van der Waals surface area contributed by atoms with Gasteiger partial charge in [0.05, 0.1) is 18.5 Å². The van der Waals surface area contributed by atoms with Gasteiger partial charge in [0.15, 0.2) is 0 Å². The molecule has 0 saturated carbocycles. The number of benzene rings is 3. The van der Waals surface area contributed by atoms with Crippen LogP contribution in [0.1, 0.15) is 88.8 Å². The van der Waals surface area contributed by atoms with Crippen LogP contribution in [-0.4, -0.2) is 41.7 Å². The standard InChI is InChI=1S/C33H42N2O3.2C2H4O2.Co/c1-8-25-14-23(12-21(3)4)16-27(32(25)36)19-34-30-11-10-29(38-7)18-31(30)35-20-28-17-24(13-22(5)6)15-26(9-2)33(28)37;2*1-2(3)4;/h10-11,14-22,36-37H,8-9,12-13H2,1-7H3;2*1H3,(H,3,4);/q;;;+2/p-2. The number of phenols is 2. The molecule has 0 amide bonds. The molecule has 0 aliphatic carbocycles. The van der Waals surface area contributed by atoms with Crippen molar-refractivity contribution < 1.29 is 51.5 Å². The molecule has 0 saturated heterocycles. The second kappa shape index (κ2) is 21.6. The van der Waals surface area contributed by atoms with Gasteiger partial charge in [-0.25, -0.2) is 0 Å². The summed E-state index contributed by atoms with van der Waals surface area (Å²) in [4.78, 5) is 27.2. The number of rotatable bonds is 11. The van der Waals surface area contributed by atoms with E-state index in [1.165, 1.54) is 11.1 Å². The van der Waals surface area contributed by atoms with Crippen molar-refractivity contribution in [1.82, 2.24) is 0 Å². The van der Waals surface area contributed by atoms with Crippen LogP contribution in [0.15, 0.2) is 52.4 Å². The molecule has 0 heterocycles. The second-order valence-electron chi connectivity index (χ2n) is 11.6. The molecule has 2 N–H and O–H groups in total. The molecule has 3 aromatic rings. The minimum absolute atomic E-state index is 0. The Balaban J connectivity index is 0.00000211. The molecule has 0 aliphatic rings. The Morgan fingerprint density at radius 3 is 1.47 bits per heavy atom. The summed E-state index contributed by atoms with van der Waals surface area (Å²) in [5.74, 6) is 0.0486. The number of hydrogen-bond donors (Lipinski definition) is 2. The van der Waals surface area contributed by atoms with Crippen LogP contribution in [0.4, 0.5) is 11.4 Å². The third-order valence-corrected chi connectivity index (χ3v) is 6.47. The van der Waals surface area contributed by atoms with E-state index in [2.05, 4.69) is 39.8 Å². The van der Waals surface area contributed by atoms with E-state index >= 15 is 0 Å². The number of aliphatic imine (C=N–C) groups is 2. The molecule has 3 rings (SSSR count). The number of carbonyl (C=O) groups is 2. The zero-order valence-electron chi connectivity index (χ0n) is 28.8. The van der Waals surface area contributed by atoms with E-state index in [4.69, 9.17) is 34.5 Å². The topological polar surface area (TPSA) is 155 Å². The van der Waals surface area contributed by atoms with E-state index in [0.29, 0.717) is 40.1 Å². The number of carboxylic acid groups (broad SMARTS) is 2. The Hall–Kier alpha value is -4.15. The van der Waals surface area contributed by atoms with Gasteiger partial charge in [-0.15, -0.1) is 0 Å². The van der Waals surface area contributed by atoms with E-state index < -0.39 is 11.9 Å². The molecule has 1 radical (unpaired) electrons. The van der Waals surface area contributed by atoms with Crippen LogP contribution in [0.25, 0.3) is 0 Å². The Kier molecular flexibility index (Phi) is 19.7. The zero-order chi connectivity index (χ0) is 35.0. The van der Waals surface area contributed by atoms with Crippen molar-refractivity contribution in [2.75, 3.05) is 7.11 Å². The van der Waals surface area contributed by atoms with Crippen LogP contribution in [0, 0.1) is 11.8 Å². The first-order chi connectivity index (χ1) is 21.6. The summed E-state index contributed by atoms with van der Waals surface area (Å²) in [7, 11) is 1.62. The van der Waals surface area contributed by atoms with Gasteiger partial charge in [-0.1, -0.05) is 53.7 Å². The van der Waals surface area contributed by atoms with E-state index in [-0.39, 0.29) is 28.3 Å². The number of hydrogen-bond acceptors (Lipinski definition) is 9. The van der Waals surface area contributed by atoms with Gasteiger partial charge < -0.3 is 34.8 Å². The molecule has 47 heavy (non-hydrogen) atoms. The number of nitrogens with zero attached hydrogens (tertiary/aromatic N) is 2. The maximum Gasteiger partial charge on any atom is 2.00 e. The van der Waals surface area contributed by atoms with Crippen LogP contribution in [0.2, 0.25) is 0 Å². The average Bonchev–Trinajstić information content (AvgIpc) is 2.96. The van der Waals surface area contributed by atoms with Gasteiger partial charge in [-0.2, -0.15) is 0 Å². The van der Waals surface area contributed by atoms with Crippen molar-refractivity contribution in [3.63, 3.8) is 0 Å². The summed E-state index contributed by atoms with van der Waals surface area (Å²) >= 11 is 0. The third-order valence-electron chi connectivity index (χ3n) is 6.47. The van der Waals surface area contributed by atoms with Crippen molar-refractivity contribution in [2.45, 2.75) is 81.1 Å². The van der Waals surface area contributed by atoms with Gasteiger partial charge in [0.2, 0.25) is 0 Å². The summed E-state index contributed by atoms with van der Waals surface area (Å²) in [6, 6.07) is 13.7. The fourth-order valence-electron chi connectivity index (χ4n) is 4.61. The SMILES string of the molecule is CC(=O)[O-].CC(=O)[O-].CCc1cc(CC(C)C)cc(C=Nc2ccc(OC)cc2N=Cc2cc(CC(C)C)cc(CC)c2O)c1O.[Co+2]. The quantitative estimate of drug-likeness (QED) is 0.247. The van der Waals surface area contributed by atoms with Crippen molar-refractivity contribution in [2.24, 2.45) is 21.8 Å². The number of aryl methyl sites for hydroxylation is 2. The molecular weight excluding hydrogens is 643 g/mol. The molecule has 10 heteroatoms. The van der Waals surface area contributed by atoms with Crippen molar-refractivity contribution >= 4 is 35.7 Å². The predicted octanol–water partition coefficient (Wildman–Crippen LogP) is 5.64. The van der Waals surface area contributed by atoms with Gasteiger partial charge in [-0.3, -0.25) is 9.98 Å². The number of carbonyl (C=O) groups excluding carboxylic acids is 2. The summed E-state index contributed by atoms with van der Waals surface area (Å²) in [5.41, 5.74) is 6.83. The van der Waals surface area contributed by atoms with Crippen LogP contribution >= 0.6 is 0 Å². The maximum atomic E-state index is 10.8. The molecular formula is C37H48CoN2O7. The van der Waals surface area contributed by atoms with Gasteiger partial charge in [0, 0.05) is 41.6 Å². The minimum atomic E-state index is -1.08. The number of phenolic OH excluding ortho intramolecular Hbond substituents is 2. The molecule has 0 atom stereocenters. The number of aliphatic carboxylic acids is 2. The summed E-state index contributed by atoms with van der Waals surface area (Å²) in [6.45, 7) is 14.8. The van der Waals surface area contributed by atoms with Gasteiger partial charge in [0.1, 0.15) is 17.2 Å². The first kappa shape index (κ1) is 42.8. The Morgan fingerprint density at radius 2 is 1.13 bits per heavy atom. The van der Waals surface area contributed by atoms with Gasteiger partial charge in [-0.05, 0) is 97.9 Å². The van der Waals surface area contributed by atoms with Crippen molar-refractivity contribution in [3.05, 3.63) is 75.8 Å². The number of aromatic hydroxyl groups is 2. The van der Waals surface area contributed by atoms with Crippen LogP contribution in [0.3, 0.4) is 0 Å². The molecule has 0 spiro atoms. The first-order valence-electron chi connectivity index (χ1n) is 15.4. The van der Waals surface area contributed by atoms with Gasteiger partial charge in [0.25, 0.3) is 0 Å². The normalized spacial score (nSPS) is 10.7. The Labute approximate surface area is 289 Å². The molecule has 0 fully saturated rings. The summed E-state index contributed by atoms with van der Waals surface area (Å²) in [5, 5.41) is 39.4. The second-order valence-corrected chi connectivity index (χ2v) is 11.6. The van der Waals surface area contributed by atoms with E-state index in [1.807, 2.05) is 44.2 Å². The number of methoxy groups -OCH3 is 1. The van der Waals surface area contributed by atoms with Crippen LogP contribution < -0.4 is 14.9 Å². The molecule has 0 bridgehead atoms. The molecule has 0 unspecified atom stereocenters. The average molecular weight is 692 g/mol. The third kappa shape index (κ3) is 15.8. The maximum absolute atomic E-state index is 10.8. The Bertz CT molecular complexity index is 1500. The molecule has 0 aliphatic heterocycles. The van der Waals surface area contributed by atoms with Crippen molar-refractivity contribution in [3.8, 4) is 17.2 Å². The van der Waals surface area contributed by atoms with Crippen molar-refractivity contribution in [1.29, 1.82) is 0 Å². The first-order valence-corrected chi connectivity index (χ1v) is 15.4.